The third kappa shape index (κ3) is 5.30. The minimum Gasteiger partial charge on any atom is -0.253 e. The lowest BCUT2D eigenvalue weighted by atomic mass is 9.78. The van der Waals surface area contributed by atoms with Gasteiger partial charge in [-0.3, -0.25) is 19.9 Å². The van der Waals surface area contributed by atoms with Crippen LogP contribution in [0.1, 0.15) is 101 Å². The molecule has 0 atom stereocenters. The van der Waals surface area contributed by atoms with Gasteiger partial charge >= 0.3 is 0 Å². The average Bonchev–Trinajstić information content (AvgIpc) is 2.86. The zero-order chi connectivity index (χ0) is 32.9. The lowest BCUT2D eigenvalue weighted by Crippen LogP contribution is -2.33. The van der Waals surface area contributed by atoms with Gasteiger partial charge in [0.05, 0.1) is 107 Å². The Bertz CT molecular complexity index is 1490. The average molecular weight is 752 g/mol. The number of hydrogen-bond donors (Lipinski definition) is 0. The van der Waals surface area contributed by atoms with E-state index >= 15 is 0 Å². The standard InChI is InChI=1S/C32H28Cl8N4/c1-29(2)21-13(33)9-15(35)23(41-21)30(3,4)25-17(37)11-19(39)27(43-25)32(7,8)28-20(40)12-18(38)26(44-28)31(5,6)24-16(36)10-14(34)22(29)42-24/h9-12H,1-8H3. The summed E-state index contributed by atoms with van der Waals surface area (Å²) < 4.78 is 0. The topological polar surface area (TPSA) is 51.6 Å². The van der Waals surface area contributed by atoms with Crippen LogP contribution < -0.4 is 0 Å². The summed E-state index contributed by atoms with van der Waals surface area (Å²) >= 11 is 54.9. The fourth-order valence-electron chi connectivity index (χ4n) is 5.82. The van der Waals surface area contributed by atoms with Gasteiger partial charge in [-0.05, 0) is 79.7 Å². The van der Waals surface area contributed by atoms with Crippen molar-refractivity contribution in [1.29, 1.82) is 0 Å². The number of pyridine rings is 4. The van der Waals surface area contributed by atoms with E-state index in [1.165, 1.54) is 0 Å². The maximum absolute atomic E-state index is 6.86. The Labute approximate surface area is 297 Å². The Hall–Kier alpha value is -1.08. The van der Waals surface area contributed by atoms with E-state index in [0.29, 0.717) is 85.7 Å². The minimum atomic E-state index is -0.914. The van der Waals surface area contributed by atoms with Crippen molar-refractivity contribution in [2.45, 2.75) is 77.0 Å². The van der Waals surface area contributed by atoms with Crippen molar-refractivity contribution in [1.82, 2.24) is 19.9 Å². The molecule has 4 aromatic rings. The van der Waals surface area contributed by atoms with Crippen LogP contribution in [-0.4, -0.2) is 19.9 Å². The second-order valence-electron chi connectivity index (χ2n) is 13.1. The van der Waals surface area contributed by atoms with Crippen LogP contribution in [-0.2, 0) is 21.7 Å². The molecule has 0 spiro atoms. The highest BCUT2D eigenvalue weighted by atomic mass is 35.5. The molecule has 5 rings (SSSR count). The summed E-state index contributed by atoms with van der Waals surface area (Å²) in [5.41, 5.74) is 0.417. The van der Waals surface area contributed by atoms with E-state index in [2.05, 4.69) is 0 Å². The van der Waals surface area contributed by atoms with Crippen LogP contribution in [0.2, 0.25) is 40.2 Å². The SMILES string of the molecule is CC1(C)c2nc(c(Cl)cc2Cl)C(C)(C)c2nc(c(Cl)cc2Cl)C(C)(C)c2nc(c(Cl)cc2Cl)C(C)(C)c2nc1c(Cl)cc2Cl. The molecule has 1 aliphatic heterocycles. The van der Waals surface area contributed by atoms with Crippen LogP contribution >= 0.6 is 92.8 Å². The van der Waals surface area contributed by atoms with Gasteiger partial charge in [-0.1, -0.05) is 92.8 Å². The second kappa shape index (κ2) is 11.3. The van der Waals surface area contributed by atoms with Gasteiger partial charge in [0.2, 0.25) is 0 Å². The fraction of sp³-hybridized carbons (Fsp3) is 0.375. The van der Waals surface area contributed by atoms with E-state index in [1.807, 2.05) is 55.4 Å². The fourth-order valence-corrected chi connectivity index (χ4v) is 9.15. The summed E-state index contributed by atoms with van der Waals surface area (Å²) in [6, 6.07) is 6.69. The monoisotopic (exact) mass is 748 g/mol. The van der Waals surface area contributed by atoms with Gasteiger partial charge in [0.1, 0.15) is 0 Å². The first-order valence-corrected chi connectivity index (χ1v) is 16.6. The zero-order valence-corrected chi connectivity index (χ0v) is 31.2. The first-order chi connectivity index (χ1) is 20.1. The molecular formula is C32H28Cl8N4. The number of rotatable bonds is 0. The molecule has 0 fully saturated rings. The van der Waals surface area contributed by atoms with E-state index < -0.39 is 21.7 Å². The molecule has 0 amide bonds. The van der Waals surface area contributed by atoms with Crippen molar-refractivity contribution >= 4 is 92.8 Å². The van der Waals surface area contributed by atoms with Crippen LogP contribution in [0, 0.1) is 0 Å². The molecule has 8 bridgehead atoms. The Balaban J connectivity index is 2.01. The van der Waals surface area contributed by atoms with E-state index in [0.717, 1.165) is 0 Å². The quantitative estimate of drug-likeness (QED) is 0.180. The molecule has 4 nitrogen and oxygen atoms in total. The highest BCUT2D eigenvalue weighted by molar-refractivity contribution is 6.38. The van der Waals surface area contributed by atoms with E-state index in [4.69, 9.17) is 113 Å². The Morgan fingerprint density at radius 2 is 0.409 bits per heavy atom. The highest BCUT2D eigenvalue weighted by Crippen LogP contribution is 2.48. The summed E-state index contributed by atoms with van der Waals surface area (Å²) in [5.74, 6) is 0. The molecule has 4 aromatic heterocycles. The molecule has 0 saturated carbocycles. The van der Waals surface area contributed by atoms with Crippen LogP contribution in [0.4, 0.5) is 0 Å². The Kier molecular flexibility index (Phi) is 8.78. The first kappa shape index (κ1) is 34.3. The number of halogens is 8. The molecular weight excluding hydrogens is 724 g/mol. The number of fused-ring (bicyclic) bond motifs is 8. The van der Waals surface area contributed by atoms with Crippen molar-refractivity contribution in [3.05, 3.63) is 110 Å². The third-order valence-corrected chi connectivity index (χ3v) is 10.8. The van der Waals surface area contributed by atoms with Gasteiger partial charge in [0, 0.05) is 0 Å². The van der Waals surface area contributed by atoms with Crippen molar-refractivity contribution < 1.29 is 0 Å². The van der Waals surface area contributed by atoms with Crippen molar-refractivity contribution in [2.24, 2.45) is 0 Å². The normalized spacial score (nSPS) is 17.8. The summed E-state index contributed by atoms with van der Waals surface area (Å²) in [7, 11) is 0. The van der Waals surface area contributed by atoms with Crippen LogP contribution in [0.5, 0.6) is 0 Å². The summed E-state index contributed by atoms with van der Waals surface area (Å²) in [6.45, 7) is 15.5. The summed E-state index contributed by atoms with van der Waals surface area (Å²) in [6.07, 6.45) is 0. The maximum atomic E-state index is 6.86. The molecule has 44 heavy (non-hydrogen) atoms. The maximum Gasteiger partial charge on any atom is 0.0710 e. The minimum absolute atomic E-state index is 0.346. The molecule has 0 aliphatic carbocycles. The number of aromatic nitrogens is 4. The van der Waals surface area contributed by atoms with Crippen LogP contribution in [0.25, 0.3) is 0 Å². The lowest BCUT2D eigenvalue weighted by molar-refractivity contribution is 0.523. The van der Waals surface area contributed by atoms with Crippen molar-refractivity contribution in [3.63, 3.8) is 0 Å². The van der Waals surface area contributed by atoms with Gasteiger partial charge in [-0.15, -0.1) is 0 Å². The predicted molar refractivity (Wildman–Crippen MR) is 186 cm³/mol. The smallest absolute Gasteiger partial charge is 0.0710 e. The largest absolute Gasteiger partial charge is 0.253 e. The molecule has 0 aromatic carbocycles. The lowest BCUT2D eigenvalue weighted by Gasteiger charge is -2.35. The molecule has 0 radical (unpaired) electrons. The van der Waals surface area contributed by atoms with Crippen molar-refractivity contribution in [2.75, 3.05) is 0 Å². The van der Waals surface area contributed by atoms with E-state index in [-0.39, 0.29) is 0 Å². The van der Waals surface area contributed by atoms with Gasteiger partial charge in [-0.25, -0.2) is 0 Å². The van der Waals surface area contributed by atoms with Gasteiger partial charge in [-0.2, -0.15) is 0 Å². The van der Waals surface area contributed by atoms with Gasteiger partial charge in [0.25, 0.3) is 0 Å². The molecule has 5 heterocycles. The molecule has 0 unspecified atom stereocenters. The number of nitrogens with zero attached hydrogens (tertiary/aromatic N) is 4. The highest BCUT2D eigenvalue weighted by Gasteiger charge is 2.42. The van der Waals surface area contributed by atoms with Crippen LogP contribution in [0.15, 0.2) is 24.3 Å². The molecule has 12 heteroatoms. The zero-order valence-electron chi connectivity index (χ0n) is 25.1. The van der Waals surface area contributed by atoms with Crippen LogP contribution in [0.3, 0.4) is 0 Å². The number of hydrogen-bond acceptors (Lipinski definition) is 4. The molecule has 0 saturated heterocycles. The summed E-state index contributed by atoms with van der Waals surface area (Å²) in [5, 5.41) is 2.77. The summed E-state index contributed by atoms with van der Waals surface area (Å²) in [4.78, 5) is 20.3. The molecule has 232 valence electrons. The first-order valence-electron chi connectivity index (χ1n) is 13.6. The van der Waals surface area contributed by atoms with E-state index in [9.17, 15) is 0 Å². The Morgan fingerprint density at radius 3 is 0.523 bits per heavy atom. The van der Waals surface area contributed by atoms with E-state index in [1.54, 1.807) is 24.3 Å². The Morgan fingerprint density at radius 1 is 0.295 bits per heavy atom. The predicted octanol–water partition coefficient (Wildman–Crippen LogP) is 12.1. The van der Waals surface area contributed by atoms with Gasteiger partial charge in [0.15, 0.2) is 0 Å². The van der Waals surface area contributed by atoms with Gasteiger partial charge < -0.3 is 0 Å². The second-order valence-corrected chi connectivity index (χ2v) is 16.4. The third-order valence-electron chi connectivity index (χ3n) is 8.45. The molecule has 1 aliphatic rings. The molecule has 0 N–H and O–H groups in total. The van der Waals surface area contributed by atoms with Crippen molar-refractivity contribution in [3.8, 4) is 0 Å².